The van der Waals surface area contributed by atoms with Crippen molar-refractivity contribution in [3.8, 4) is 0 Å². The summed E-state index contributed by atoms with van der Waals surface area (Å²) in [7, 11) is 2.15. The van der Waals surface area contributed by atoms with Gasteiger partial charge in [0.15, 0.2) is 0 Å². The fraction of sp³-hybridized carbons (Fsp3) is 0.833. The lowest BCUT2D eigenvalue weighted by Crippen LogP contribution is -2.37. The molecule has 3 unspecified atom stereocenters. The Kier molecular flexibility index (Phi) is 4.13. The van der Waals surface area contributed by atoms with E-state index in [0.717, 1.165) is 17.9 Å². The Bertz CT molecular complexity index is 467. The largest absolute Gasteiger partial charge is 0.338 e. The van der Waals surface area contributed by atoms with Crippen molar-refractivity contribution in [1.29, 1.82) is 0 Å². The average Bonchev–Trinajstić information content (AvgIpc) is 3.16. The molecule has 2 fully saturated rings. The molecule has 0 spiro atoms. The molecule has 3 nitrogen and oxygen atoms in total. The molecule has 2 aliphatic rings. The molecule has 0 radical (unpaired) electrons. The van der Waals surface area contributed by atoms with E-state index in [0.29, 0.717) is 11.3 Å². The molecule has 118 valence electrons. The zero-order valence-corrected chi connectivity index (χ0v) is 14.1. The molecule has 3 rings (SSSR count). The highest BCUT2D eigenvalue weighted by molar-refractivity contribution is 5.06. The maximum Gasteiger partial charge on any atom is 0.111 e. The van der Waals surface area contributed by atoms with Crippen LogP contribution in [0.25, 0.3) is 0 Å². The molecule has 1 heterocycles. The normalized spacial score (nSPS) is 30.6. The number of aromatic nitrogens is 2. The molecule has 0 aromatic carbocycles. The number of imidazole rings is 1. The molecular weight excluding hydrogens is 258 g/mol. The van der Waals surface area contributed by atoms with E-state index in [1.165, 1.54) is 44.5 Å². The van der Waals surface area contributed by atoms with Crippen LogP contribution in [-0.4, -0.2) is 22.1 Å². The standard InChI is InChI=1S/C18H31N3/c1-18(2,3)14-6-5-13(12-20-15-7-8-15)16(11-14)17-19-9-10-21(17)4/h9-10,13-16,20H,5-8,11-12H2,1-4H3. The number of hydrogen-bond donors (Lipinski definition) is 1. The molecule has 1 aromatic rings. The van der Waals surface area contributed by atoms with Crippen LogP contribution >= 0.6 is 0 Å². The summed E-state index contributed by atoms with van der Waals surface area (Å²) >= 11 is 0. The van der Waals surface area contributed by atoms with Crippen LogP contribution in [0.2, 0.25) is 0 Å². The number of nitrogens with zero attached hydrogens (tertiary/aromatic N) is 2. The molecule has 21 heavy (non-hydrogen) atoms. The van der Waals surface area contributed by atoms with Gasteiger partial charge >= 0.3 is 0 Å². The molecule has 3 heteroatoms. The van der Waals surface area contributed by atoms with Gasteiger partial charge in [0.05, 0.1) is 0 Å². The van der Waals surface area contributed by atoms with Gasteiger partial charge in [0.2, 0.25) is 0 Å². The minimum Gasteiger partial charge on any atom is -0.338 e. The zero-order chi connectivity index (χ0) is 15.0. The first-order valence-corrected chi connectivity index (χ1v) is 8.65. The van der Waals surface area contributed by atoms with E-state index in [1.807, 2.05) is 6.20 Å². The second-order valence-corrected chi connectivity index (χ2v) is 8.32. The van der Waals surface area contributed by atoms with Crippen LogP contribution < -0.4 is 5.32 Å². The quantitative estimate of drug-likeness (QED) is 0.915. The fourth-order valence-electron chi connectivity index (χ4n) is 3.92. The van der Waals surface area contributed by atoms with Gasteiger partial charge in [-0.05, 0) is 55.9 Å². The lowest BCUT2D eigenvalue weighted by Gasteiger charge is -2.41. The van der Waals surface area contributed by atoms with E-state index in [2.05, 4.69) is 48.9 Å². The summed E-state index contributed by atoms with van der Waals surface area (Å²) in [5.74, 6) is 3.49. The molecule has 0 amide bonds. The highest BCUT2D eigenvalue weighted by Crippen LogP contribution is 2.46. The predicted octanol–water partition coefficient (Wildman–Crippen LogP) is 3.72. The van der Waals surface area contributed by atoms with Gasteiger partial charge in [-0.3, -0.25) is 0 Å². The summed E-state index contributed by atoms with van der Waals surface area (Å²) in [5, 5.41) is 3.75. The molecule has 0 aliphatic heterocycles. The van der Waals surface area contributed by atoms with Crippen molar-refractivity contribution in [3.05, 3.63) is 18.2 Å². The number of rotatable bonds is 4. The van der Waals surface area contributed by atoms with Crippen LogP contribution in [-0.2, 0) is 7.05 Å². The summed E-state index contributed by atoms with van der Waals surface area (Å²) in [6.45, 7) is 8.38. The first-order valence-electron chi connectivity index (χ1n) is 8.65. The number of aryl methyl sites for hydroxylation is 1. The molecule has 0 saturated heterocycles. The molecule has 2 aliphatic carbocycles. The molecule has 1 aromatic heterocycles. The molecule has 3 atom stereocenters. The smallest absolute Gasteiger partial charge is 0.111 e. The summed E-state index contributed by atoms with van der Waals surface area (Å²) in [6.07, 6.45) is 10.8. The fourth-order valence-corrected chi connectivity index (χ4v) is 3.92. The van der Waals surface area contributed by atoms with Gasteiger partial charge in [-0.25, -0.2) is 4.98 Å². The van der Waals surface area contributed by atoms with E-state index >= 15 is 0 Å². The van der Waals surface area contributed by atoms with Crippen molar-refractivity contribution in [2.45, 2.75) is 64.8 Å². The zero-order valence-electron chi connectivity index (χ0n) is 14.1. The highest BCUT2D eigenvalue weighted by Gasteiger charge is 2.38. The van der Waals surface area contributed by atoms with E-state index < -0.39 is 0 Å². The Labute approximate surface area is 129 Å². The van der Waals surface area contributed by atoms with E-state index in [4.69, 9.17) is 0 Å². The van der Waals surface area contributed by atoms with Crippen LogP contribution in [0.5, 0.6) is 0 Å². The van der Waals surface area contributed by atoms with Crippen molar-refractivity contribution in [2.24, 2.45) is 24.3 Å². The number of hydrogen-bond acceptors (Lipinski definition) is 2. The molecule has 2 saturated carbocycles. The monoisotopic (exact) mass is 289 g/mol. The lowest BCUT2D eigenvalue weighted by atomic mass is 9.65. The minimum absolute atomic E-state index is 0.415. The van der Waals surface area contributed by atoms with Gasteiger partial charge in [-0.2, -0.15) is 0 Å². The highest BCUT2D eigenvalue weighted by atomic mass is 15.0. The van der Waals surface area contributed by atoms with Gasteiger partial charge in [-0.1, -0.05) is 20.8 Å². The van der Waals surface area contributed by atoms with Crippen LogP contribution in [0.3, 0.4) is 0 Å². The van der Waals surface area contributed by atoms with Crippen LogP contribution in [0.15, 0.2) is 12.4 Å². The Morgan fingerprint density at radius 2 is 2.00 bits per heavy atom. The third-order valence-corrected chi connectivity index (χ3v) is 5.65. The summed E-state index contributed by atoms with van der Waals surface area (Å²) < 4.78 is 2.24. The van der Waals surface area contributed by atoms with Crippen molar-refractivity contribution in [3.63, 3.8) is 0 Å². The topological polar surface area (TPSA) is 29.9 Å². The Balaban J connectivity index is 1.74. The van der Waals surface area contributed by atoms with Gasteiger partial charge in [0, 0.05) is 31.4 Å². The van der Waals surface area contributed by atoms with Crippen molar-refractivity contribution < 1.29 is 0 Å². The van der Waals surface area contributed by atoms with E-state index in [9.17, 15) is 0 Å². The molecule has 0 bridgehead atoms. The van der Waals surface area contributed by atoms with Crippen molar-refractivity contribution in [2.75, 3.05) is 6.54 Å². The Morgan fingerprint density at radius 3 is 2.57 bits per heavy atom. The minimum atomic E-state index is 0.415. The van der Waals surface area contributed by atoms with Gasteiger partial charge in [-0.15, -0.1) is 0 Å². The SMILES string of the molecule is Cn1ccnc1C1CC(C(C)(C)C)CCC1CNC1CC1. The third kappa shape index (κ3) is 3.50. The number of nitrogens with one attached hydrogen (secondary N) is 1. The van der Waals surface area contributed by atoms with E-state index in [1.54, 1.807) is 0 Å². The Morgan fingerprint density at radius 1 is 1.24 bits per heavy atom. The molecular formula is C18H31N3. The Hall–Kier alpha value is -0.830. The summed E-state index contributed by atoms with van der Waals surface area (Å²) in [5.41, 5.74) is 0.415. The predicted molar refractivity (Wildman–Crippen MR) is 87.3 cm³/mol. The van der Waals surface area contributed by atoms with Gasteiger partial charge in [0.1, 0.15) is 5.82 Å². The van der Waals surface area contributed by atoms with Crippen molar-refractivity contribution >= 4 is 0 Å². The lowest BCUT2D eigenvalue weighted by molar-refractivity contribution is 0.125. The maximum absolute atomic E-state index is 4.68. The second-order valence-electron chi connectivity index (χ2n) is 8.32. The second kappa shape index (κ2) is 5.75. The summed E-state index contributed by atoms with van der Waals surface area (Å²) in [6, 6.07) is 0.812. The average molecular weight is 289 g/mol. The van der Waals surface area contributed by atoms with Crippen LogP contribution in [0, 0.1) is 17.3 Å². The summed E-state index contributed by atoms with van der Waals surface area (Å²) in [4.78, 5) is 4.68. The molecule has 1 N–H and O–H groups in total. The third-order valence-electron chi connectivity index (χ3n) is 5.65. The van der Waals surface area contributed by atoms with Gasteiger partial charge < -0.3 is 9.88 Å². The first kappa shape index (κ1) is 15.1. The van der Waals surface area contributed by atoms with Gasteiger partial charge in [0.25, 0.3) is 0 Å². The maximum atomic E-state index is 4.68. The van der Waals surface area contributed by atoms with E-state index in [-0.39, 0.29) is 0 Å². The van der Waals surface area contributed by atoms with Crippen LogP contribution in [0.1, 0.15) is 64.6 Å². The first-order chi connectivity index (χ1) is 9.95. The van der Waals surface area contributed by atoms with Crippen molar-refractivity contribution in [1.82, 2.24) is 14.9 Å². The van der Waals surface area contributed by atoms with Crippen LogP contribution in [0.4, 0.5) is 0 Å².